The fourth-order valence-corrected chi connectivity index (χ4v) is 2.41. The van der Waals surface area contributed by atoms with E-state index in [1.807, 2.05) is 0 Å². The van der Waals surface area contributed by atoms with Gasteiger partial charge >= 0.3 is 0 Å². The maximum Gasteiger partial charge on any atom is 0.220 e. The lowest BCUT2D eigenvalue weighted by Crippen LogP contribution is -2.11. The molecule has 0 aliphatic heterocycles. The maximum absolute atomic E-state index is 9.41. The molecular weight excluding hydrogens is 264 g/mol. The molecule has 19 heavy (non-hydrogen) atoms. The van der Waals surface area contributed by atoms with Crippen LogP contribution in [0.1, 0.15) is 26.7 Å². The third-order valence-electron chi connectivity index (χ3n) is 2.62. The van der Waals surface area contributed by atoms with E-state index in [1.165, 1.54) is 11.8 Å². The highest BCUT2D eigenvalue weighted by molar-refractivity contribution is 7.99. The Kier molecular flexibility index (Phi) is 6.94. The van der Waals surface area contributed by atoms with E-state index in [0.717, 1.165) is 12.8 Å². The molecule has 0 radical (unpaired) electrons. The highest BCUT2D eigenvalue weighted by Crippen LogP contribution is 2.27. The third kappa shape index (κ3) is 5.65. The van der Waals surface area contributed by atoms with Crippen LogP contribution in [0.3, 0.4) is 0 Å². The number of methoxy groups -OCH3 is 2. The molecule has 0 amide bonds. The molecule has 1 N–H and O–H groups in total. The molecule has 0 saturated carbocycles. The molecule has 0 aliphatic carbocycles. The summed E-state index contributed by atoms with van der Waals surface area (Å²) in [7, 11) is 3.11. The highest BCUT2D eigenvalue weighted by atomic mass is 32.2. The van der Waals surface area contributed by atoms with Gasteiger partial charge in [-0.05, 0) is 18.8 Å². The first-order chi connectivity index (χ1) is 9.08. The van der Waals surface area contributed by atoms with Crippen LogP contribution in [0, 0.1) is 5.92 Å². The third-order valence-corrected chi connectivity index (χ3v) is 3.73. The van der Waals surface area contributed by atoms with E-state index >= 15 is 0 Å². The quantitative estimate of drug-likeness (QED) is 0.585. The summed E-state index contributed by atoms with van der Waals surface area (Å²) in [4.78, 5) is 8.51. The SMILES string of the molecule is COc1cc(OC)nc(SC(CO)CCC(C)C)n1. The molecule has 5 nitrogen and oxygen atoms in total. The Bertz CT molecular complexity index is 366. The number of aliphatic hydroxyl groups excluding tert-OH is 1. The molecule has 1 aromatic heterocycles. The Morgan fingerprint density at radius 3 is 2.16 bits per heavy atom. The predicted octanol–water partition coefficient (Wildman–Crippen LogP) is 2.38. The minimum atomic E-state index is 0.0965. The summed E-state index contributed by atoms with van der Waals surface area (Å²) in [5, 5.41) is 10.1. The topological polar surface area (TPSA) is 64.5 Å². The minimum Gasteiger partial charge on any atom is -0.481 e. The maximum atomic E-state index is 9.41. The van der Waals surface area contributed by atoms with Gasteiger partial charge in [0, 0.05) is 5.25 Å². The van der Waals surface area contributed by atoms with Gasteiger partial charge in [-0.15, -0.1) is 0 Å². The van der Waals surface area contributed by atoms with Crippen molar-refractivity contribution >= 4 is 11.8 Å². The van der Waals surface area contributed by atoms with E-state index in [4.69, 9.17) is 9.47 Å². The van der Waals surface area contributed by atoms with Gasteiger partial charge in [-0.3, -0.25) is 0 Å². The van der Waals surface area contributed by atoms with Crippen LogP contribution in [0.2, 0.25) is 0 Å². The Morgan fingerprint density at radius 2 is 1.74 bits per heavy atom. The molecule has 1 aromatic rings. The van der Waals surface area contributed by atoms with Gasteiger partial charge in [0.1, 0.15) is 0 Å². The number of ether oxygens (including phenoxy) is 2. The number of hydrogen-bond acceptors (Lipinski definition) is 6. The standard InChI is InChI=1S/C13H22N2O3S/c1-9(2)5-6-10(8-16)19-13-14-11(17-3)7-12(15-13)18-4/h7,9-10,16H,5-6,8H2,1-4H3. The van der Waals surface area contributed by atoms with E-state index < -0.39 is 0 Å². The molecule has 1 atom stereocenters. The molecule has 1 rings (SSSR count). The summed E-state index contributed by atoms with van der Waals surface area (Å²) >= 11 is 1.46. The average molecular weight is 286 g/mol. The number of thioether (sulfide) groups is 1. The van der Waals surface area contributed by atoms with Crippen molar-refractivity contribution in [1.29, 1.82) is 0 Å². The zero-order valence-corrected chi connectivity index (χ0v) is 12.7. The van der Waals surface area contributed by atoms with Crippen LogP contribution >= 0.6 is 11.8 Å². The van der Waals surface area contributed by atoms with Gasteiger partial charge in [0.15, 0.2) is 5.16 Å². The summed E-state index contributed by atoms with van der Waals surface area (Å²) in [6.45, 7) is 4.45. The lowest BCUT2D eigenvalue weighted by molar-refractivity contribution is 0.285. The smallest absolute Gasteiger partial charge is 0.220 e. The molecule has 6 heteroatoms. The van der Waals surface area contributed by atoms with Crippen molar-refractivity contribution in [3.63, 3.8) is 0 Å². The lowest BCUT2D eigenvalue weighted by atomic mass is 10.1. The predicted molar refractivity (Wildman–Crippen MR) is 75.9 cm³/mol. The Balaban J connectivity index is 2.72. The van der Waals surface area contributed by atoms with Crippen LogP contribution < -0.4 is 9.47 Å². The van der Waals surface area contributed by atoms with Gasteiger partial charge in [0.2, 0.25) is 11.8 Å². The summed E-state index contributed by atoms with van der Waals surface area (Å²) in [5.41, 5.74) is 0. The molecule has 0 bridgehead atoms. The number of rotatable bonds is 8. The van der Waals surface area contributed by atoms with Crippen molar-refractivity contribution < 1.29 is 14.6 Å². The van der Waals surface area contributed by atoms with Crippen molar-refractivity contribution in [2.24, 2.45) is 5.92 Å². The summed E-state index contributed by atoms with van der Waals surface area (Å²) in [6, 6.07) is 1.63. The second kappa shape index (κ2) is 8.22. The van der Waals surface area contributed by atoms with Gasteiger partial charge in [0.25, 0.3) is 0 Å². The molecule has 1 heterocycles. The first kappa shape index (κ1) is 16.0. The van der Waals surface area contributed by atoms with E-state index in [0.29, 0.717) is 22.8 Å². The molecule has 1 unspecified atom stereocenters. The van der Waals surface area contributed by atoms with Crippen LogP contribution in [0.25, 0.3) is 0 Å². The zero-order valence-electron chi connectivity index (χ0n) is 11.9. The van der Waals surface area contributed by atoms with Crippen LogP contribution in [0.4, 0.5) is 0 Å². The molecule has 0 saturated heterocycles. The van der Waals surface area contributed by atoms with E-state index in [2.05, 4.69) is 23.8 Å². The molecule has 0 fully saturated rings. The molecule has 108 valence electrons. The van der Waals surface area contributed by atoms with Crippen LogP contribution in [-0.4, -0.2) is 41.2 Å². The van der Waals surface area contributed by atoms with Crippen molar-refractivity contribution in [3.05, 3.63) is 6.07 Å². The Hall–Kier alpha value is -1.01. The summed E-state index contributed by atoms with van der Waals surface area (Å²) in [6.07, 6.45) is 2.00. The van der Waals surface area contributed by atoms with Gasteiger partial charge in [-0.2, -0.15) is 9.97 Å². The Morgan fingerprint density at radius 1 is 1.16 bits per heavy atom. The highest BCUT2D eigenvalue weighted by Gasteiger charge is 2.14. The largest absolute Gasteiger partial charge is 0.481 e. The van der Waals surface area contributed by atoms with Gasteiger partial charge in [-0.25, -0.2) is 0 Å². The number of nitrogens with zero attached hydrogens (tertiary/aromatic N) is 2. The minimum absolute atomic E-state index is 0.0965. The van der Waals surface area contributed by atoms with E-state index in [9.17, 15) is 5.11 Å². The van der Waals surface area contributed by atoms with Gasteiger partial charge in [0.05, 0.1) is 26.9 Å². The summed E-state index contributed by atoms with van der Waals surface area (Å²) < 4.78 is 10.2. The number of aromatic nitrogens is 2. The van der Waals surface area contributed by atoms with Gasteiger partial charge < -0.3 is 14.6 Å². The van der Waals surface area contributed by atoms with Crippen LogP contribution in [0.15, 0.2) is 11.2 Å². The fourth-order valence-electron chi connectivity index (χ4n) is 1.50. The molecule has 0 aliphatic rings. The fraction of sp³-hybridized carbons (Fsp3) is 0.692. The van der Waals surface area contributed by atoms with Crippen molar-refractivity contribution in [1.82, 2.24) is 9.97 Å². The lowest BCUT2D eigenvalue weighted by Gasteiger charge is -2.14. The molecular formula is C13H22N2O3S. The van der Waals surface area contributed by atoms with Crippen molar-refractivity contribution in [2.75, 3.05) is 20.8 Å². The number of aliphatic hydroxyl groups is 1. The summed E-state index contributed by atoms with van der Waals surface area (Å²) in [5.74, 6) is 1.56. The van der Waals surface area contributed by atoms with Gasteiger partial charge in [-0.1, -0.05) is 25.6 Å². The zero-order chi connectivity index (χ0) is 14.3. The second-order valence-corrected chi connectivity index (χ2v) is 5.90. The first-order valence-electron chi connectivity index (χ1n) is 6.33. The average Bonchev–Trinajstić information content (AvgIpc) is 2.42. The number of hydrogen-bond donors (Lipinski definition) is 1. The van der Waals surface area contributed by atoms with Crippen LogP contribution in [0.5, 0.6) is 11.8 Å². The van der Waals surface area contributed by atoms with E-state index in [1.54, 1.807) is 20.3 Å². The monoisotopic (exact) mass is 286 g/mol. The van der Waals surface area contributed by atoms with Crippen molar-refractivity contribution in [2.45, 2.75) is 37.1 Å². The first-order valence-corrected chi connectivity index (χ1v) is 7.21. The van der Waals surface area contributed by atoms with Crippen LogP contribution in [-0.2, 0) is 0 Å². The normalized spacial score (nSPS) is 12.5. The second-order valence-electron chi connectivity index (χ2n) is 4.63. The van der Waals surface area contributed by atoms with Crippen molar-refractivity contribution in [3.8, 4) is 11.8 Å². The van der Waals surface area contributed by atoms with E-state index in [-0.39, 0.29) is 11.9 Å². The molecule has 0 aromatic carbocycles. The molecule has 0 spiro atoms. The Labute approximate surface area is 118 Å².